The highest BCUT2D eigenvalue weighted by Gasteiger charge is 2.67. The molecule has 412 valence electrons. The summed E-state index contributed by atoms with van der Waals surface area (Å²) in [5.41, 5.74) is 0.879. The van der Waals surface area contributed by atoms with E-state index in [9.17, 15) is 42.1 Å². The number of aliphatic hydroxyl groups is 4. The minimum Gasteiger partial charge on any atom is -0.393 e. The Balaban J connectivity index is 0.000000209. The highest BCUT2D eigenvalue weighted by atomic mass is 32.2. The lowest BCUT2D eigenvalue weighted by molar-refractivity contribution is -0.203. The molecule has 0 aromatic carbocycles. The van der Waals surface area contributed by atoms with Crippen LogP contribution in [-0.4, -0.2) is 84.6 Å². The maximum atomic E-state index is 12.4. The van der Waals surface area contributed by atoms with E-state index in [0.29, 0.717) is 89.9 Å². The number of rotatable bonds is 15. The molecule has 0 aromatic rings. The summed E-state index contributed by atoms with van der Waals surface area (Å²) in [7, 11) is -6.77. The number of carbonyl (C=O) groups is 1. The monoisotopic (exact) mass is 1040 g/mol. The minimum atomic E-state index is -3.58. The molecule has 8 unspecified atom stereocenters. The standard InChI is InChI=1S/C29H51NO5S.C29H53NO4S/c1-7-20-24-16-19(31)12-14-29(24,6)23-13-15-28(5)21(9-10-22(28)26(23)27(20)33)18(4)8-11-25(32)30-36(34,35)17(2)3;1-7-21-25-17-20(31)12-14-29(25,6)24-13-15-28(5)22(10-11-23(28)26(24)27(21)32)19(4)9-8-16-30-35(33,34)18(2)3/h17-24,26-27,31,33H,7-16H2,1-6H3,(H,30,32);18-27,30-32H,7-17H2,1-6H3/t18-,19-,20-,21?,22+,23+,24?,26+,27-,28?,29?;19-,20-,21-,22?,23+,24+,25?,26+,27-,28?,29?/m11/s1. The molecule has 0 heterocycles. The summed E-state index contributed by atoms with van der Waals surface area (Å²) in [6, 6.07) is 0. The quantitative estimate of drug-likeness (QED) is 0.0867. The molecule has 0 spiro atoms. The number of sulfonamides is 2. The van der Waals surface area contributed by atoms with Gasteiger partial charge in [0.1, 0.15) is 0 Å². The number of nitrogens with one attached hydrogen (secondary N) is 2. The third-order valence-corrected chi connectivity index (χ3v) is 27.4. The van der Waals surface area contributed by atoms with Gasteiger partial charge >= 0.3 is 0 Å². The van der Waals surface area contributed by atoms with Crippen molar-refractivity contribution in [1.82, 2.24) is 9.44 Å². The van der Waals surface area contributed by atoms with Crippen LogP contribution in [0.15, 0.2) is 0 Å². The zero-order chi connectivity index (χ0) is 52.4. The smallest absolute Gasteiger partial charge is 0.237 e. The SMILES string of the molecule is CC[C@@H]1C2C[C@H](O)CCC2(C)[C@H]2CCC3(C)C([C@H](C)CCC(=O)NS(=O)(=O)C(C)C)CC[C@H]3[C@@H]2[C@@H]1O.CC[C@@H]1C2C[C@H](O)CCC2(C)[C@H]2CCC3(C)C([C@H](C)CCCNS(=O)(=O)C(C)C)CC[C@H]3[C@@H]2[C@@H]1O. The highest BCUT2D eigenvalue weighted by molar-refractivity contribution is 7.90. The first kappa shape index (κ1) is 57.9. The summed E-state index contributed by atoms with van der Waals surface area (Å²) in [6.45, 7) is 26.1. The summed E-state index contributed by atoms with van der Waals surface area (Å²) in [6.07, 6.45) is 19.1. The summed E-state index contributed by atoms with van der Waals surface area (Å²) < 4.78 is 53.3. The van der Waals surface area contributed by atoms with Crippen molar-refractivity contribution in [2.75, 3.05) is 6.54 Å². The lowest BCUT2D eigenvalue weighted by Gasteiger charge is -2.64. The van der Waals surface area contributed by atoms with Crippen LogP contribution >= 0.6 is 0 Å². The van der Waals surface area contributed by atoms with E-state index in [0.717, 1.165) is 89.9 Å². The van der Waals surface area contributed by atoms with E-state index in [1.807, 2.05) is 0 Å². The Hall–Kier alpha value is -0.830. The number of amides is 1. The molecule has 0 bridgehead atoms. The van der Waals surface area contributed by atoms with Gasteiger partial charge < -0.3 is 20.4 Å². The predicted octanol–water partition coefficient (Wildman–Crippen LogP) is 10.2. The van der Waals surface area contributed by atoms with Crippen molar-refractivity contribution < 1.29 is 42.1 Å². The van der Waals surface area contributed by atoms with Gasteiger partial charge in [-0.25, -0.2) is 21.6 Å². The molecule has 6 N–H and O–H groups in total. The van der Waals surface area contributed by atoms with Crippen LogP contribution in [0.4, 0.5) is 0 Å². The van der Waals surface area contributed by atoms with Crippen LogP contribution in [-0.2, 0) is 24.8 Å². The van der Waals surface area contributed by atoms with Gasteiger partial charge in [-0.2, -0.15) is 0 Å². The molecular formula is C58H104N2O9S2. The van der Waals surface area contributed by atoms with E-state index in [1.54, 1.807) is 27.7 Å². The second-order valence-electron chi connectivity index (χ2n) is 27.5. The molecule has 1 amide bonds. The number of hydrogen-bond acceptors (Lipinski definition) is 9. The van der Waals surface area contributed by atoms with Crippen molar-refractivity contribution in [3.05, 3.63) is 0 Å². The van der Waals surface area contributed by atoms with Crippen LogP contribution in [0.5, 0.6) is 0 Å². The molecule has 0 aliphatic heterocycles. The molecule has 11 nitrogen and oxygen atoms in total. The second kappa shape index (κ2) is 21.9. The summed E-state index contributed by atoms with van der Waals surface area (Å²) in [4.78, 5) is 12.4. The fourth-order valence-electron chi connectivity index (χ4n) is 19.8. The first-order valence-corrected chi connectivity index (χ1v) is 32.5. The Morgan fingerprint density at radius 2 is 0.930 bits per heavy atom. The third-order valence-electron chi connectivity index (χ3n) is 23.8. The Morgan fingerprint density at radius 1 is 0.535 bits per heavy atom. The Labute approximate surface area is 432 Å². The molecule has 8 aliphatic carbocycles. The molecule has 13 heteroatoms. The lowest BCUT2D eigenvalue weighted by atomic mass is 9.41. The molecule has 8 aliphatic rings. The third kappa shape index (κ3) is 10.7. The maximum Gasteiger partial charge on any atom is 0.237 e. The van der Waals surface area contributed by atoms with Crippen molar-refractivity contribution in [2.45, 2.75) is 246 Å². The second-order valence-corrected chi connectivity index (χ2v) is 32.0. The lowest BCUT2D eigenvalue weighted by Crippen LogP contribution is -2.62. The maximum absolute atomic E-state index is 12.4. The molecule has 8 saturated carbocycles. The van der Waals surface area contributed by atoms with E-state index < -0.39 is 31.2 Å². The minimum absolute atomic E-state index is 0.151. The van der Waals surface area contributed by atoms with Crippen LogP contribution in [0.25, 0.3) is 0 Å². The zero-order valence-corrected chi connectivity index (χ0v) is 48.2. The number of carbonyl (C=O) groups excluding carboxylic acids is 1. The first-order chi connectivity index (χ1) is 33.1. The average Bonchev–Trinajstić information content (AvgIpc) is 3.85. The van der Waals surface area contributed by atoms with E-state index in [-0.39, 0.29) is 63.7 Å². The van der Waals surface area contributed by atoms with Crippen LogP contribution in [0, 0.1) is 105 Å². The van der Waals surface area contributed by atoms with E-state index >= 15 is 0 Å². The van der Waals surface area contributed by atoms with Crippen molar-refractivity contribution in [3.63, 3.8) is 0 Å². The van der Waals surface area contributed by atoms with Crippen molar-refractivity contribution >= 4 is 26.0 Å². The van der Waals surface area contributed by atoms with Gasteiger partial charge in [0.25, 0.3) is 0 Å². The Morgan fingerprint density at radius 3 is 1.34 bits per heavy atom. The molecule has 8 rings (SSSR count). The van der Waals surface area contributed by atoms with Crippen LogP contribution in [0.2, 0.25) is 0 Å². The summed E-state index contributed by atoms with van der Waals surface area (Å²) in [5, 5.41) is 43.6. The van der Waals surface area contributed by atoms with Crippen molar-refractivity contribution in [3.8, 4) is 0 Å². The summed E-state index contributed by atoms with van der Waals surface area (Å²) >= 11 is 0. The fourth-order valence-corrected chi connectivity index (χ4v) is 21.2. The number of hydrogen-bond donors (Lipinski definition) is 6. The largest absolute Gasteiger partial charge is 0.393 e. The van der Waals surface area contributed by atoms with E-state index in [4.69, 9.17) is 0 Å². The van der Waals surface area contributed by atoms with Crippen LogP contribution in [0.3, 0.4) is 0 Å². The molecular weight excluding hydrogens is 933 g/mol. The van der Waals surface area contributed by atoms with Crippen molar-refractivity contribution in [2.24, 2.45) is 105 Å². The average molecular weight is 1040 g/mol. The molecule has 22 atom stereocenters. The van der Waals surface area contributed by atoms with Crippen molar-refractivity contribution in [1.29, 1.82) is 0 Å². The van der Waals surface area contributed by atoms with Gasteiger partial charge in [0.15, 0.2) is 0 Å². The molecule has 0 aromatic heterocycles. The Kier molecular flexibility index (Phi) is 17.8. The van der Waals surface area contributed by atoms with E-state index in [2.05, 4.69) is 64.8 Å². The van der Waals surface area contributed by atoms with Crippen LogP contribution in [0.1, 0.15) is 212 Å². The molecule has 71 heavy (non-hydrogen) atoms. The normalized spacial score (nSPS) is 46.1. The van der Waals surface area contributed by atoms with Gasteiger partial charge in [0.2, 0.25) is 26.0 Å². The van der Waals surface area contributed by atoms with Gasteiger partial charge in [-0.15, -0.1) is 0 Å². The first-order valence-electron chi connectivity index (χ1n) is 29.4. The molecule has 0 radical (unpaired) electrons. The Bertz CT molecular complexity index is 2050. The summed E-state index contributed by atoms with van der Waals surface area (Å²) in [5.74, 6) is 5.97. The van der Waals surface area contributed by atoms with Gasteiger partial charge in [-0.05, 0) is 241 Å². The van der Waals surface area contributed by atoms with E-state index in [1.165, 1.54) is 25.7 Å². The zero-order valence-electron chi connectivity index (χ0n) is 46.5. The van der Waals surface area contributed by atoms with Gasteiger partial charge in [0.05, 0.1) is 34.9 Å². The fraction of sp³-hybridized carbons (Fsp3) is 0.983. The van der Waals surface area contributed by atoms with Gasteiger partial charge in [-0.1, -0.05) is 68.2 Å². The highest BCUT2D eigenvalue weighted by Crippen LogP contribution is 2.71. The van der Waals surface area contributed by atoms with Gasteiger partial charge in [0, 0.05) is 13.0 Å². The van der Waals surface area contributed by atoms with Gasteiger partial charge in [-0.3, -0.25) is 9.52 Å². The molecule has 0 saturated heterocycles. The number of aliphatic hydroxyl groups excluding tert-OH is 4. The van der Waals surface area contributed by atoms with Crippen LogP contribution < -0.4 is 9.44 Å². The molecule has 8 fully saturated rings. The topological polar surface area (TPSA) is 190 Å². The number of fused-ring (bicyclic) bond motifs is 10. The predicted molar refractivity (Wildman–Crippen MR) is 285 cm³/mol.